The highest BCUT2D eigenvalue weighted by Gasteiger charge is 2.16. The number of nitrogens with zero attached hydrogens (tertiary/aromatic N) is 2. The van der Waals surface area contributed by atoms with E-state index in [4.69, 9.17) is 17.0 Å². The van der Waals surface area contributed by atoms with Crippen LogP contribution in [0, 0.1) is 0 Å². The molecule has 7 nitrogen and oxygen atoms in total. The average Bonchev–Trinajstić information content (AvgIpc) is 2.59. The number of thiocarbonyl (C=S) groups is 1. The lowest BCUT2D eigenvalue weighted by molar-refractivity contribution is 0.145. The van der Waals surface area contributed by atoms with Crippen LogP contribution in [-0.4, -0.2) is 57.4 Å². The van der Waals surface area contributed by atoms with Gasteiger partial charge in [0.2, 0.25) is 10.0 Å². The molecule has 0 radical (unpaired) electrons. The third-order valence-electron chi connectivity index (χ3n) is 3.33. The molecule has 0 spiro atoms. The molecule has 9 heteroatoms. The summed E-state index contributed by atoms with van der Waals surface area (Å²) in [4.78, 5) is 0.244. The topological polar surface area (TPSA) is 83.0 Å². The summed E-state index contributed by atoms with van der Waals surface area (Å²) in [5.74, 6) is 0. The van der Waals surface area contributed by atoms with Gasteiger partial charge in [0.25, 0.3) is 0 Å². The van der Waals surface area contributed by atoms with Crippen LogP contribution >= 0.6 is 12.2 Å². The van der Waals surface area contributed by atoms with Gasteiger partial charge in [-0.15, -0.1) is 0 Å². The fraction of sp³-hybridized carbons (Fsp3) is 0.500. The van der Waals surface area contributed by atoms with E-state index in [9.17, 15) is 8.42 Å². The molecule has 140 valence electrons. The lowest BCUT2D eigenvalue weighted by Gasteiger charge is -2.12. The number of ether oxygens (including phenoxy) is 1. The molecule has 0 aromatic heterocycles. The standard InChI is InChI=1S/C16H26N4O3S2/c1-5-23-12-6-11-17-16(24)19-18-13(2)14-7-9-15(10-8-14)25(21,22)20(3)4/h7-10H,5-6,11-12H2,1-4H3,(H2,17,19,24)/b18-13-. The van der Waals surface area contributed by atoms with E-state index in [1.807, 2.05) is 13.8 Å². The molecule has 2 N–H and O–H groups in total. The molecule has 0 unspecified atom stereocenters. The number of benzene rings is 1. The molecule has 1 aromatic rings. The van der Waals surface area contributed by atoms with E-state index in [0.29, 0.717) is 30.6 Å². The smallest absolute Gasteiger partial charge is 0.242 e. The average molecular weight is 387 g/mol. The highest BCUT2D eigenvalue weighted by atomic mass is 32.2. The first kappa shape index (κ1) is 21.5. The molecular weight excluding hydrogens is 360 g/mol. The summed E-state index contributed by atoms with van der Waals surface area (Å²) in [7, 11) is -0.421. The van der Waals surface area contributed by atoms with Gasteiger partial charge in [-0.1, -0.05) is 12.1 Å². The van der Waals surface area contributed by atoms with Crippen LogP contribution in [0.25, 0.3) is 0 Å². The maximum absolute atomic E-state index is 12.0. The van der Waals surface area contributed by atoms with Gasteiger partial charge in [-0.05, 0) is 50.2 Å². The normalized spacial score (nSPS) is 12.3. The summed E-state index contributed by atoms with van der Waals surface area (Å²) in [6.07, 6.45) is 0.861. The fourth-order valence-electron chi connectivity index (χ4n) is 1.84. The van der Waals surface area contributed by atoms with Crippen molar-refractivity contribution in [1.82, 2.24) is 15.0 Å². The monoisotopic (exact) mass is 386 g/mol. The molecule has 0 aliphatic heterocycles. The van der Waals surface area contributed by atoms with E-state index < -0.39 is 10.0 Å². The van der Waals surface area contributed by atoms with Crippen LogP contribution in [-0.2, 0) is 14.8 Å². The predicted octanol–water partition coefficient (Wildman–Crippen LogP) is 1.55. The summed E-state index contributed by atoms with van der Waals surface area (Å²) >= 11 is 5.14. The first-order valence-electron chi connectivity index (χ1n) is 7.98. The van der Waals surface area contributed by atoms with E-state index in [1.54, 1.807) is 24.3 Å². The summed E-state index contributed by atoms with van der Waals surface area (Å²) in [5.41, 5.74) is 4.29. The number of hydrogen-bond donors (Lipinski definition) is 2. The van der Waals surface area contributed by atoms with Gasteiger partial charge < -0.3 is 10.1 Å². The second-order valence-corrected chi connectivity index (χ2v) is 7.99. The minimum atomic E-state index is -3.43. The number of sulfonamides is 1. The Kier molecular flexibility index (Phi) is 8.98. The van der Waals surface area contributed by atoms with E-state index in [0.717, 1.165) is 12.0 Å². The Morgan fingerprint density at radius 3 is 2.48 bits per heavy atom. The Morgan fingerprint density at radius 1 is 1.28 bits per heavy atom. The molecule has 1 aromatic carbocycles. The van der Waals surface area contributed by atoms with Gasteiger partial charge in [-0.3, -0.25) is 5.43 Å². The minimum Gasteiger partial charge on any atom is -0.382 e. The third kappa shape index (κ3) is 7.07. The highest BCUT2D eigenvalue weighted by molar-refractivity contribution is 7.89. The van der Waals surface area contributed by atoms with Crippen molar-refractivity contribution < 1.29 is 13.2 Å². The Bertz CT molecular complexity index is 686. The maximum Gasteiger partial charge on any atom is 0.242 e. The zero-order valence-electron chi connectivity index (χ0n) is 15.1. The lowest BCUT2D eigenvalue weighted by Crippen LogP contribution is -2.33. The van der Waals surface area contributed by atoms with E-state index >= 15 is 0 Å². The largest absolute Gasteiger partial charge is 0.382 e. The van der Waals surface area contributed by atoms with Crippen molar-refractivity contribution in [3.8, 4) is 0 Å². The van der Waals surface area contributed by atoms with Crippen LogP contribution in [0.2, 0.25) is 0 Å². The third-order valence-corrected chi connectivity index (χ3v) is 5.40. The van der Waals surface area contributed by atoms with Crippen LogP contribution in [0.1, 0.15) is 25.8 Å². The van der Waals surface area contributed by atoms with Crippen molar-refractivity contribution in [3.63, 3.8) is 0 Å². The van der Waals surface area contributed by atoms with Crippen LogP contribution in [0.5, 0.6) is 0 Å². The molecule has 0 saturated heterocycles. The van der Waals surface area contributed by atoms with Crippen LogP contribution in [0.15, 0.2) is 34.3 Å². The number of hydrazone groups is 1. The van der Waals surface area contributed by atoms with Gasteiger partial charge >= 0.3 is 0 Å². The first-order valence-corrected chi connectivity index (χ1v) is 9.82. The number of nitrogens with one attached hydrogen (secondary N) is 2. The SMILES string of the molecule is CCOCCCNC(=S)N/N=C(/C)c1ccc(S(=O)(=O)N(C)C)cc1. The van der Waals surface area contributed by atoms with Crippen molar-refractivity contribution >= 4 is 33.1 Å². The maximum atomic E-state index is 12.0. The lowest BCUT2D eigenvalue weighted by atomic mass is 10.1. The fourth-order valence-corrected chi connectivity index (χ4v) is 2.89. The van der Waals surface area contributed by atoms with Crippen molar-refractivity contribution in [2.45, 2.75) is 25.2 Å². The molecule has 0 fully saturated rings. The molecule has 0 heterocycles. The molecule has 0 bridgehead atoms. The van der Waals surface area contributed by atoms with Crippen molar-refractivity contribution in [2.24, 2.45) is 5.10 Å². The molecule has 1 rings (SSSR count). The summed E-state index contributed by atoms with van der Waals surface area (Å²) < 4.78 is 30.5. The van der Waals surface area contributed by atoms with Gasteiger partial charge in [0, 0.05) is 33.9 Å². The van der Waals surface area contributed by atoms with Crippen LogP contribution in [0.4, 0.5) is 0 Å². The van der Waals surface area contributed by atoms with Crippen LogP contribution < -0.4 is 10.7 Å². The van der Waals surface area contributed by atoms with E-state index in [-0.39, 0.29) is 4.90 Å². The van der Waals surface area contributed by atoms with Gasteiger partial charge in [0.1, 0.15) is 0 Å². The van der Waals surface area contributed by atoms with Gasteiger partial charge in [-0.25, -0.2) is 12.7 Å². The van der Waals surface area contributed by atoms with Gasteiger partial charge in [0.15, 0.2) is 5.11 Å². The molecule has 0 saturated carbocycles. The molecule has 0 amide bonds. The molecule has 0 aliphatic carbocycles. The zero-order chi connectivity index (χ0) is 18.9. The number of rotatable bonds is 9. The second-order valence-electron chi connectivity index (χ2n) is 5.43. The van der Waals surface area contributed by atoms with Crippen molar-refractivity contribution in [1.29, 1.82) is 0 Å². The minimum absolute atomic E-state index is 0.244. The van der Waals surface area contributed by atoms with Crippen molar-refractivity contribution in [2.75, 3.05) is 33.9 Å². The molecular formula is C16H26N4O3S2. The Hall–Kier alpha value is -1.55. The van der Waals surface area contributed by atoms with E-state index in [2.05, 4.69) is 15.8 Å². The summed E-state index contributed by atoms with van der Waals surface area (Å²) in [5, 5.41) is 7.68. The zero-order valence-corrected chi connectivity index (χ0v) is 16.7. The quantitative estimate of drug-likeness (QED) is 0.290. The van der Waals surface area contributed by atoms with Crippen molar-refractivity contribution in [3.05, 3.63) is 29.8 Å². The first-order chi connectivity index (χ1) is 11.8. The van der Waals surface area contributed by atoms with E-state index in [1.165, 1.54) is 18.4 Å². The summed E-state index contributed by atoms with van der Waals surface area (Å²) in [6, 6.07) is 6.56. The summed E-state index contributed by atoms with van der Waals surface area (Å²) in [6.45, 7) is 5.88. The molecule has 25 heavy (non-hydrogen) atoms. The Balaban J connectivity index is 2.57. The molecule has 0 atom stereocenters. The Morgan fingerprint density at radius 2 is 1.92 bits per heavy atom. The molecule has 0 aliphatic rings. The number of hydrogen-bond acceptors (Lipinski definition) is 5. The van der Waals surface area contributed by atoms with Gasteiger partial charge in [0.05, 0.1) is 10.6 Å². The second kappa shape index (κ2) is 10.4. The Labute approximate surface area is 155 Å². The highest BCUT2D eigenvalue weighted by Crippen LogP contribution is 2.14. The predicted molar refractivity (Wildman–Crippen MR) is 104 cm³/mol. The van der Waals surface area contributed by atoms with Gasteiger partial charge in [-0.2, -0.15) is 5.10 Å². The van der Waals surface area contributed by atoms with Crippen LogP contribution in [0.3, 0.4) is 0 Å².